The maximum atomic E-state index is 5.85. The molecule has 100 valence electrons. The van der Waals surface area contributed by atoms with Crippen LogP contribution in [0.3, 0.4) is 0 Å². The van der Waals surface area contributed by atoms with E-state index in [9.17, 15) is 0 Å². The van der Waals surface area contributed by atoms with Crippen LogP contribution in [-0.2, 0) is 0 Å². The van der Waals surface area contributed by atoms with Crippen LogP contribution in [0.2, 0.25) is 0 Å². The summed E-state index contributed by atoms with van der Waals surface area (Å²) >= 11 is 2.07. The lowest BCUT2D eigenvalue weighted by molar-refractivity contribution is 0.326. The van der Waals surface area contributed by atoms with Crippen molar-refractivity contribution >= 4 is 41.7 Å². The number of halogens is 1. The van der Waals surface area contributed by atoms with E-state index >= 15 is 0 Å². The zero-order valence-electron chi connectivity index (χ0n) is 10.4. The average molecular weight is 369 g/mol. The Kier molecular flexibility index (Phi) is 7.66. The van der Waals surface area contributed by atoms with Crippen molar-refractivity contribution in [2.45, 2.75) is 43.8 Å². The normalized spacial score (nSPS) is 25.9. The van der Waals surface area contributed by atoms with Gasteiger partial charge in [-0.15, -0.1) is 24.0 Å². The van der Waals surface area contributed by atoms with Gasteiger partial charge in [0.1, 0.15) is 0 Å². The number of thioether (sulfide) groups is 1. The third-order valence-electron chi connectivity index (χ3n) is 3.53. The van der Waals surface area contributed by atoms with Crippen LogP contribution in [0.1, 0.15) is 38.5 Å². The third-order valence-corrected chi connectivity index (χ3v) is 4.93. The highest BCUT2D eigenvalue weighted by Gasteiger charge is 2.17. The maximum absolute atomic E-state index is 5.85. The van der Waals surface area contributed by atoms with Crippen LogP contribution >= 0.6 is 35.7 Å². The number of hydrogen-bond donors (Lipinski definition) is 2. The van der Waals surface area contributed by atoms with Crippen molar-refractivity contribution in [1.82, 2.24) is 5.32 Å². The molecule has 1 atom stereocenters. The Morgan fingerprint density at radius 2 is 2.06 bits per heavy atom. The summed E-state index contributed by atoms with van der Waals surface area (Å²) in [5.41, 5.74) is 5.85. The fourth-order valence-corrected chi connectivity index (χ4v) is 3.38. The Hall–Kier alpha value is 0.350. The summed E-state index contributed by atoms with van der Waals surface area (Å²) in [5.74, 6) is 2.77. The summed E-state index contributed by atoms with van der Waals surface area (Å²) in [7, 11) is 0. The molecule has 0 aromatic heterocycles. The smallest absolute Gasteiger partial charge is 0.188 e. The molecular formula is C12H24IN3S. The molecule has 0 spiro atoms. The third kappa shape index (κ3) is 5.68. The van der Waals surface area contributed by atoms with Crippen LogP contribution < -0.4 is 11.1 Å². The second-order valence-electron chi connectivity index (χ2n) is 4.89. The van der Waals surface area contributed by atoms with E-state index in [0.29, 0.717) is 5.96 Å². The highest BCUT2D eigenvalue weighted by atomic mass is 127. The molecule has 1 saturated heterocycles. The molecule has 1 saturated carbocycles. The minimum Gasteiger partial charge on any atom is -0.370 e. The van der Waals surface area contributed by atoms with E-state index in [2.05, 4.69) is 22.1 Å². The van der Waals surface area contributed by atoms with Crippen molar-refractivity contribution in [2.24, 2.45) is 16.6 Å². The highest BCUT2D eigenvalue weighted by Crippen LogP contribution is 2.26. The lowest BCUT2D eigenvalue weighted by Crippen LogP contribution is -2.37. The van der Waals surface area contributed by atoms with E-state index in [4.69, 9.17) is 5.73 Å². The number of guanidine groups is 1. The minimum absolute atomic E-state index is 0. The van der Waals surface area contributed by atoms with Gasteiger partial charge in [0.15, 0.2) is 5.96 Å². The number of nitrogens with two attached hydrogens (primary N) is 1. The molecule has 0 aromatic carbocycles. The van der Waals surface area contributed by atoms with Gasteiger partial charge in [0, 0.05) is 18.3 Å². The molecule has 0 aromatic rings. The van der Waals surface area contributed by atoms with Crippen LogP contribution in [0, 0.1) is 5.92 Å². The zero-order chi connectivity index (χ0) is 11.2. The van der Waals surface area contributed by atoms with E-state index in [1.807, 2.05) is 0 Å². The Labute approximate surface area is 126 Å². The quantitative estimate of drug-likeness (QED) is 0.455. The van der Waals surface area contributed by atoms with Gasteiger partial charge in [0.2, 0.25) is 0 Å². The molecule has 17 heavy (non-hydrogen) atoms. The summed E-state index contributed by atoms with van der Waals surface area (Å²) in [5, 5.41) is 4.00. The predicted octanol–water partition coefficient (Wildman–Crippen LogP) is 2.59. The predicted molar refractivity (Wildman–Crippen MR) is 87.3 cm³/mol. The second kappa shape index (κ2) is 8.45. The van der Waals surface area contributed by atoms with Gasteiger partial charge in [0.05, 0.1) is 0 Å². The Morgan fingerprint density at radius 1 is 1.24 bits per heavy atom. The number of nitrogens with one attached hydrogen (secondary N) is 1. The van der Waals surface area contributed by atoms with Gasteiger partial charge < -0.3 is 11.1 Å². The molecular weight excluding hydrogens is 345 g/mol. The first-order valence-corrected chi connectivity index (χ1v) is 7.55. The SMILES string of the molecule is I.NC(=NCC1CCC1)NCC1CCCCS1. The van der Waals surface area contributed by atoms with Gasteiger partial charge in [-0.2, -0.15) is 11.8 Å². The van der Waals surface area contributed by atoms with Gasteiger partial charge in [-0.05, 0) is 37.4 Å². The van der Waals surface area contributed by atoms with E-state index in [0.717, 1.165) is 24.3 Å². The van der Waals surface area contributed by atoms with Crippen molar-refractivity contribution in [3.63, 3.8) is 0 Å². The van der Waals surface area contributed by atoms with Crippen LogP contribution in [0.25, 0.3) is 0 Å². The number of nitrogens with zero attached hydrogens (tertiary/aromatic N) is 1. The van der Waals surface area contributed by atoms with E-state index in [1.54, 1.807) is 0 Å². The molecule has 0 bridgehead atoms. The Morgan fingerprint density at radius 3 is 2.65 bits per heavy atom. The first kappa shape index (κ1) is 15.4. The molecule has 2 rings (SSSR count). The molecule has 1 unspecified atom stereocenters. The summed E-state index contributed by atoms with van der Waals surface area (Å²) in [4.78, 5) is 4.40. The molecule has 0 radical (unpaired) electrons. The molecule has 0 amide bonds. The summed E-state index contributed by atoms with van der Waals surface area (Å²) in [6.07, 6.45) is 8.15. The van der Waals surface area contributed by atoms with Crippen LogP contribution in [0.5, 0.6) is 0 Å². The van der Waals surface area contributed by atoms with Crippen LogP contribution in [-0.4, -0.2) is 30.1 Å². The van der Waals surface area contributed by atoms with Gasteiger partial charge >= 0.3 is 0 Å². The second-order valence-corrected chi connectivity index (χ2v) is 6.30. The molecule has 3 N–H and O–H groups in total. The maximum Gasteiger partial charge on any atom is 0.188 e. The zero-order valence-corrected chi connectivity index (χ0v) is 13.5. The number of rotatable bonds is 4. The number of hydrogen-bond acceptors (Lipinski definition) is 2. The van der Waals surface area contributed by atoms with Crippen molar-refractivity contribution in [3.8, 4) is 0 Å². The van der Waals surface area contributed by atoms with Crippen LogP contribution in [0.15, 0.2) is 4.99 Å². The van der Waals surface area contributed by atoms with Gasteiger partial charge in [-0.25, -0.2) is 0 Å². The van der Waals surface area contributed by atoms with E-state index < -0.39 is 0 Å². The Balaban J connectivity index is 0.00000144. The lowest BCUT2D eigenvalue weighted by Gasteiger charge is -2.24. The van der Waals surface area contributed by atoms with Crippen LogP contribution in [0.4, 0.5) is 0 Å². The molecule has 1 aliphatic heterocycles. The molecule has 5 heteroatoms. The van der Waals surface area contributed by atoms with Crippen molar-refractivity contribution in [2.75, 3.05) is 18.8 Å². The summed E-state index contributed by atoms with van der Waals surface area (Å²) < 4.78 is 0. The van der Waals surface area contributed by atoms with Gasteiger partial charge in [-0.3, -0.25) is 4.99 Å². The Bertz CT molecular complexity index is 238. The fourth-order valence-electron chi connectivity index (χ4n) is 2.15. The minimum atomic E-state index is 0. The lowest BCUT2D eigenvalue weighted by atomic mass is 9.86. The van der Waals surface area contributed by atoms with Crippen molar-refractivity contribution in [1.29, 1.82) is 0 Å². The molecule has 1 heterocycles. The average Bonchev–Trinajstić information content (AvgIpc) is 2.26. The largest absolute Gasteiger partial charge is 0.370 e. The number of aliphatic imine (C=N–C) groups is 1. The van der Waals surface area contributed by atoms with Gasteiger partial charge in [0.25, 0.3) is 0 Å². The first-order chi connectivity index (χ1) is 7.84. The highest BCUT2D eigenvalue weighted by molar-refractivity contribution is 14.0. The topological polar surface area (TPSA) is 50.4 Å². The molecule has 1 aliphatic carbocycles. The van der Waals surface area contributed by atoms with E-state index in [-0.39, 0.29) is 24.0 Å². The van der Waals surface area contributed by atoms with Crippen molar-refractivity contribution < 1.29 is 0 Å². The monoisotopic (exact) mass is 369 g/mol. The molecule has 3 nitrogen and oxygen atoms in total. The van der Waals surface area contributed by atoms with Crippen molar-refractivity contribution in [3.05, 3.63) is 0 Å². The fraction of sp³-hybridized carbons (Fsp3) is 0.917. The standard InChI is InChI=1S/C12H23N3S.HI/c13-12(14-8-10-4-3-5-10)15-9-11-6-1-2-7-16-11;/h10-11H,1-9H2,(H3,13,14,15);1H. The van der Waals surface area contributed by atoms with E-state index in [1.165, 1.54) is 44.3 Å². The summed E-state index contributed by atoms with van der Waals surface area (Å²) in [6.45, 7) is 1.92. The molecule has 2 fully saturated rings. The molecule has 2 aliphatic rings. The first-order valence-electron chi connectivity index (χ1n) is 6.50. The van der Waals surface area contributed by atoms with Gasteiger partial charge in [-0.1, -0.05) is 12.8 Å². The summed E-state index contributed by atoms with van der Waals surface area (Å²) in [6, 6.07) is 0.